The Bertz CT molecular complexity index is 771. The van der Waals surface area contributed by atoms with Crippen molar-refractivity contribution in [3.8, 4) is 0 Å². The minimum atomic E-state index is -0.428. The Morgan fingerprint density at radius 2 is 1.77 bits per heavy atom. The van der Waals surface area contributed by atoms with Gasteiger partial charge >= 0.3 is 5.97 Å². The first kappa shape index (κ1) is 18.5. The van der Waals surface area contributed by atoms with Crippen molar-refractivity contribution in [2.24, 2.45) is 5.41 Å². The first-order valence-corrected chi connectivity index (χ1v) is 9.38. The molecular weight excluding hydrogens is 322 g/mol. The Balaban J connectivity index is 1.68. The van der Waals surface area contributed by atoms with E-state index in [9.17, 15) is 4.79 Å². The summed E-state index contributed by atoms with van der Waals surface area (Å²) >= 11 is 0. The summed E-state index contributed by atoms with van der Waals surface area (Å²) in [6.07, 6.45) is 2.59. The molecule has 138 valence electrons. The molecule has 3 heteroatoms. The highest BCUT2D eigenvalue weighted by molar-refractivity contribution is 5.80. The van der Waals surface area contributed by atoms with Crippen LogP contribution in [0.1, 0.15) is 50.3 Å². The van der Waals surface area contributed by atoms with Crippen molar-refractivity contribution in [1.82, 2.24) is 0 Å². The van der Waals surface area contributed by atoms with E-state index in [1.807, 2.05) is 26.8 Å². The summed E-state index contributed by atoms with van der Waals surface area (Å²) in [7, 11) is 0. The van der Waals surface area contributed by atoms with Crippen molar-refractivity contribution in [1.29, 1.82) is 0 Å². The highest BCUT2D eigenvalue weighted by Gasteiger charge is 2.52. The highest BCUT2D eigenvalue weighted by Crippen LogP contribution is 2.50. The zero-order valence-corrected chi connectivity index (χ0v) is 16.3. The molecule has 0 bridgehead atoms. The molecule has 0 unspecified atom stereocenters. The monoisotopic (exact) mass is 351 g/mol. The quantitative estimate of drug-likeness (QED) is 0.720. The predicted octanol–water partition coefficient (Wildman–Crippen LogP) is 5.27. The van der Waals surface area contributed by atoms with Gasteiger partial charge in [0.25, 0.3) is 0 Å². The van der Waals surface area contributed by atoms with Crippen LogP contribution in [0.25, 0.3) is 0 Å². The van der Waals surface area contributed by atoms with Crippen LogP contribution in [0.2, 0.25) is 0 Å². The van der Waals surface area contributed by atoms with Gasteiger partial charge in [-0.1, -0.05) is 42.5 Å². The van der Waals surface area contributed by atoms with Crippen molar-refractivity contribution in [3.05, 3.63) is 65.2 Å². The van der Waals surface area contributed by atoms with E-state index in [1.165, 1.54) is 16.7 Å². The third-order valence-corrected chi connectivity index (χ3v) is 4.86. The largest absolute Gasteiger partial charge is 0.460 e. The van der Waals surface area contributed by atoms with Gasteiger partial charge < -0.3 is 10.1 Å². The molecule has 0 amide bonds. The molecule has 3 rings (SSSR count). The molecule has 26 heavy (non-hydrogen) atoms. The van der Waals surface area contributed by atoms with Gasteiger partial charge in [0.1, 0.15) is 5.60 Å². The fraction of sp³-hybridized carbons (Fsp3) is 0.435. The lowest BCUT2D eigenvalue weighted by molar-refractivity contribution is -0.161. The molecule has 1 saturated carbocycles. The van der Waals surface area contributed by atoms with E-state index >= 15 is 0 Å². The van der Waals surface area contributed by atoms with Gasteiger partial charge in [-0.3, -0.25) is 4.79 Å². The van der Waals surface area contributed by atoms with Crippen LogP contribution in [0.5, 0.6) is 0 Å². The van der Waals surface area contributed by atoms with Gasteiger partial charge in [-0.25, -0.2) is 0 Å². The van der Waals surface area contributed by atoms with Gasteiger partial charge in [0.05, 0.1) is 5.41 Å². The van der Waals surface area contributed by atoms with Gasteiger partial charge in [-0.15, -0.1) is 0 Å². The second-order valence-electron chi connectivity index (χ2n) is 8.45. The number of carbonyl (C=O) groups is 1. The van der Waals surface area contributed by atoms with E-state index < -0.39 is 5.60 Å². The van der Waals surface area contributed by atoms with Crippen LogP contribution in [0.3, 0.4) is 0 Å². The van der Waals surface area contributed by atoms with Gasteiger partial charge in [-0.2, -0.15) is 0 Å². The van der Waals surface area contributed by atoms with Crippen molar-refractivity contribution in [2.75, 3.05) is 5.32 Å². The summed E-state index contributed by atoms with van der Waals surface area (Å²) in [5, 5.41) is 3.53. The van der Waals surface area contributed by atoms with Gasteiger partial charge in [0, 0.05) is 12.2 Å². The summed E-state index contributed by atoms with van der Waals surface area (Å²) < 4.78 is 5.64. The first-order valence-electron chi connectivity index (χ1n) is 9.38. The maximum absolute atomic E-state index is 12.6. The number of nitrogens with one attached hydrogen (secondary N) is 1. The molecule has 2 aromatic carbocycles. The Hall–Kier alpha value is -2.29. The lowest BCUT2D eigenvalue weighted by atomic mass is 9.95. The standard InChI is InChI=1S/C23H29NO2/c1-17-10-11-19(14-20(17)24-16-18-8-6-5-7-9-18)15-23(12-13-23)21(25)26-22(2,3)4/h5-11,14,24H,12-13,15-16H2,1-4H3. The molecule has 2 aromatic rings. The molecule has 1 N–H and O–H groups in total. The maximum atomic E-state index is 12.6. The number of rotatable bonds is 6. The third kappa shape index (κ3) is 4.66. The van der Waals surface area contributed by atoms with Crippen molar-refractivity contribution >= 4 is 11.7 Å². The first-order chi connectivity index (χ1) is 12.3. The lowest BCUT2D eigenvalue weighted by Gasteiger charge is -2.24. The average Bonchev–Trinajstić information content (AvgIpc) is 3.36. The Labute approximate surface area is 156 Å². The van der Waals surface area contributed by atoms with Crippen LogP contribution in [-0.2, 0) is 22.5 Å². The molecule has 3 nitrogen and oxygen atoms in total. The molecule has 0 atom stereocenters. The van der Waals surface area contributed by atoms with Crippen LogP contribution in [0, 0.1) is 12.3 Å². The minimum absolute atomic E-state index is 0.0515. The molecule has 0 aromatic heterocycles. The fourth-order valence-corrected chi connectivity index (χ4v) is 3.14. The topological polar surface area (TPSA) is 38.3 Å². The summed E-state index contributed by atoms with van der Waals surface area (Å²) in [5.74, 6) is -0.0515. The summed E-state index contributed by atoms with van der Waals surface area (Å²) in [6, 6.07) is 16.8. The van der Waals surface area contributed by atoms with Gasteiger partial charge in [0.2, 0.25) is 0 Å². The normalized spacial score (nSPS) is 15.4. The van der Waals surface area contributed by atoms with Crippen molar-refractivity contribution < 1.29 is 9.53 Å². The molecule has 1 aliphatic carbocycles. The van der Waals surface area contributed by atoms with E-state index in [4.69, 9.17) is 4.74 Å². The summed E-state index contributed by atoms with van der Waals surface area (Å²) in [4.78, 5) is 12.6. The number of aryl methyl sites for hydroxylation is 1. The Kier molecular flexibility index (Phi) is 5.08. The van der Waals surface area contributed by atoms with Crippen LogP contribution < -0.4 is 5.32 Å². The Morgan fingerprint density at radius 1 is 1.08 bits per heavy atom. The van der Waals surface area contributed by atoms with E-state index in [2.05, 4.69) is 54.7 Å². The SMILES string of the molecule is Cc1ccc(CC2(C(=O)OC(C)(C)C)CC2)cc1NCc1ccccc1. The van der Waals surface area contributed by atoms with E-state index in [1.54, 1.807) is 0 Å². The molecular formula is C23H29NO2. The third-order valence-electron chi connectivity index (χ3n) is 4.86. The number of anilines is 1. The van der Waals surface area contributed by atoms with Crippen molar-refractivity contribution in [3.63, 3.8) is 0 Å². The second kappa shape index (κ2) is 7.14. The van der Waals surface area contributed by atoms with Crippen LogP contribution in [-0.4, -0.2) is 11.6 Å². The van der Waals surface area contributed by atoms with E-state index in [-0.39, 0.29) is 11.4 Å². The number of carbonyl (C=O) groups excluding carboxylic acids is 1. The van der Waals surface area contributed by atoms with E-state index in [0.717, 1.165) is 31.5 Å². The number of hydrogen-bond donors (Lipinski definition) is 1. The second-order valence-corrected chi connectivity index (χ2v) is 8.45. The average molecular weight is 351 g/mol. The molecule has 1 fully saturated rings. The smallest absolute Gasteiger partial charge is 0.312 e. The minimum Gasteiger partial charge on any atom is -0.460 e. The van der Waals surface area contributed by atoms with Crippen LogP contribution in [0.15, 0.2) is 48.5 Å². The maximum Gasteiger partial charge on any atom is 0.312 e. The molecule has 0 spiro atoms. The van der Waals surface area contributed by atoms with Crippen LogP contribution >= 0.6 is 0 Å². The van der Waals surface area contributed by atoms with Crippen LogP contribution in [0.4, 0.5) is 5.69 Å². The fourth-order valence-electron chi connectivity index (χ4n) is 3.14. The molecule has 0 aliphatic heterocycles. The predicted molar refractivity (Wildman–Crippen MR) is 106 cm³/mol. The lowest BCUT2D eigenvalue weighted by Crippen LogP contribution is -2.30. The zero-order chi connectivity index (χ0) is 18.8. The molecule has 0 radical (unpaired) electrons. The molecule has 1 aliphatic rings. The van der Waals surface area contributed by atoms with Gasteiger partial charge in [-0.05, 0) is 69.7 Å². The summed E-state index contributed by atoms with van der Waals surface area (Å²) in [5.41, 5.74) is 4.04. The Morgan fingerprint density at radius 3 is 2.38 bits per heavy atom. The van der Waals surface area contributed by atoms with Gasteiger partial charge in [0.15, 0.2) is 0 Å². The van der Waals surface area contributed by atoms with Crippen molar-refractivity contribution in [2.45, 2.75) is 59.1 Å². The number of esters is 1. The summed E-state index contributed by atoms with van der Waals surface area (Å²) in [6.45, 7) is 8.69. The zero-order valence-electron chi connectivity index (χ0n) is 16.3. The molecule has 0 heterocycles. The highest BCUT2D eigenvalue weighted by atomic mass is 16.6. The number of ether oxygens (including phenoxy) is 1. The molecule has 0 saturated heterocycles. The number of benzene rings is 2. The number of hydrogen-bond acceptors (Lipinski definition) is 3. The van der Waals surface area contributed by atoms with E-state index in [0.29, 0.717) is 0 Å².